The van der Waals surface area contributed by atoms with Crippen LogP contribution in [0.5, 0.6) is 0 Å². The fraction of sp³-hybridized carbons (Fsp3) is 0. The number of rotatable bonds is 0. The first-order chi connectivity index (χ1) is 4.00. The SMILES string of the molecule is O.O=S(=O)([O-])[O-].O=S(=O)([O-])[O-].[Fe+2].[Mn+2]. The smallest absolute Gasteiger partial charge is 0.759 e. The molecule has 0 aromatic rings. The van der Waals surface area contributed by atoms with E-state index in [2.05, 4.69) is 0 Å². The quantitative estimate of drug-likeness (QED) is 0.249. The van der Waals surface area contributed by atoms with Crippen molar-refractivity contribution in [2.45, 2.75) is 0 Å². The van der Waals surface area contributed by atoms with Crippen LogP contribution in [0.4, 0.5) is 0 Å². The summed E-state index contributed by atoms with van der Waals surface area (Å²) in [5.74, 6) is 0. The Hall–Kier alpha value is 0.739. The van der Waals surface area contributed by atoms with Gasteiger partial charge >= 0.3 is 34.1 Å². The zero-order valence-electron chi connectivity index (χ0n) is 5.31. The van der Waals surface area contributed by atoms with Crippen molar-refractivity contribution in [3.05, 3.63) is 0 Å². The zero-order valence-corrected chi connectivity index (χ0v) is 9.23. The molecule has 13 heteroatoms. The molecule has 0 spiro atoms. The van der Waals surface area contributed by atoms with E-state index in [0.717, 1.165) is 0 Å². The normalized spacial score (nSPS) is 8.92. The van der Waals surface area contributed by atoms with Gasteiger partial charge in [0, 0.05) is 20.8 Å². The minimum atomic E-state index is -5.17. The van der Waals surface area contributed by atoms with Crippen molar-refractivity contribution in [1.29, 1.82) is 0 Å². The summed E-state index contributed by atoms with van der Waals surface area (Å²) in [5, 5.41) is 0. The molecule has 0 amide bonds. The van der Waals surface area contributed by atoms with E-state index in [4.69, 9.17) is 35.0 Å². The second-order valence-corrected chi connectivity index (χ2v) is 2.45. The minimum absolute atomic E-state index is 0. The molecule has 0 fully saturated rings. The first-order valence-electron chi connectivity index (χ1n) is 1.33. The Labute approximate surface area is 95.3 Å². The van der Waals surface area contributed by atoms with Crippen LogP contribution in [-0.2, 0) is 54.9 Å². The molecule has 0 aromatic carbocycles. The molecule has 0 atom stereocenters. The van der Waals surface area contributed by atoms with Crippen LogP contribution in [0.15, 0.2) is 0 Å². The fourth-order valence-electron chi connectivity index (χ4n) is 0. The van der Waals surface area contributed by atoms with Crippen LogP contribution in [-0.4, -0.2) is 40.5 Å². The van der Waals surface area contributed by atoms with Gasteiger partial charge in [0.1, 0.15) is 0 Å². The van der Waals surface area contributed by atoms with Crippen LogP contribution in [0.2, 0.25) is 0 Å². The third kappa shape index (κ3) is 2690. The first-order valence-corrected chi connectivity index (χ1v) is 4.00. The molecule has 0 saturated heterocycles. The molecule has 2 N–H and O–H groups in total. The molecule has 0 aliphatic carbocycles. The van der Waals surface area contributed by atoms with Crippen molar-refractivity contribution >= 4 is 20.8 Å². The van der Waals surface area contributed by atoms with Crippen LogP contribution < -0.4 is 0 Å². The molecule has 0 aliphatic rings. The van der Waals surface area contributed by atoms with E-state index in [1.54, 1.807) is 0 Å². The van der Waals surface area contributed by atoms with Crippen LogP contribution in [0.25, 0.3) is 0 Å². The van der Waals surface area contributed by atoms with Crippen molar-refractivity contribution in [2.75, 3.05) is 0 Å². The van der Waals surface area contributed by atoms with E-state index in [1.165, 1.54) is 0 Å². The molecule has 0 aromatic heterocycles. The molecule has 0 unspecified atom stereocenters. The van der Waals surface area contributed by atoms with Crippen molar-refractivity contribution < 1.29 is 74.7 Å². The third-order valence-corrected chi connectivity index (χ3v) is 0. The third-order valence-electron chi connectivity index (χ3n) is 0. The standard InChI is InChI=1S/Fe.Mn.2H2O4S.H2O/c;;2*1-5(2,3)4;/h;;2*(H2,1,2,3,4);1H2/q2*+2;;;/p-4. The molecule has 0 heterocycles. The van der Waals surface area contributed by atoms with E-state index in [1.807, 2.05) is 0 Å². The predicted molar refractivity (Wildman–Crippen MR) is 24.6 cm³/mol. The minimum Gasteiger partial charge on any atom is -0.759 e. The summed E-state index contributed by atoms with van der Waals surface area (Å²) in [6.07, 6.45) is 0. The monoisotopic (exact) mass is 321 g/mol. The molecule has 0 aliphatic heterocycles. The van der Waals surface area contributed by atoms with E-state index in [9.17, 15) is 0 Å². The van der Waals surface area contributed by atoms with Crippen molar-refractivity contribution in [3.8, 4) is 0 Å². The van der Waals surface area contributed by atoms with Gasteiger partial charge in [0.05, 0.1) is 0 Å². The van der Waals surface area contributed by atoms with Crippen molar-refractivity contribution in [3.63, 3.8) is 0 Å². The Kier molecular flexibility index (Phi) is 24.3. The van der Waals surface area contributed by atoms with Crippen LogP contribution in [0.1, 0.15) is 0 Å². The summed E-state index contributed by atoms with van der Waals surface area (Å²) in [5.41, 5.74) is 0. The molecule has 0 bridgehead atoms. The molecule has 9 nitrogen and oxygen atoms in total. The fourth-order valence-corrected chi connectivity index (χ4v) is 0. The molecular formula is H2FeMnO9S2. The second-order valence-electron chi connectivity index (χ2n) is 0.816. The Morgan fingerprint density at radius 1 is 0.692 bits per heavy atom. The van der Waals surface area contributed by atoms with Crippen molar-refractivity contribution in [1.82, 2.24) is 0 Å². The van der Waals surface area contributed by atoms with Gasteiger partial charge in [0.2, 0.25) is 0 Å². The summed E-state index contributed by atoms with van der Waals surface area (Å²) < 4.78 is 68.2. The van der Waals surface area contributed by atoms with Gasteiger partial charge in [0.25, 0.3) is 0 Å². The Morgan fingerprint density at radius 2 is 0.692 bits per heavy atom. The molecule has 83 valence electrons. The predicted octanol–water partition coefficient (Wildman–Crippen LogP) is -3.51. The number of hydrogen-bond acceptors (Lipinski definition) is 8. The molecule has 0 saturated carbocycles. The van der Waals surface area contributed by atoms with Crippen LogP contribution >= 0.6 is 0 Å². The second kappa shape index (κ2) is 10.8. The first kappa shape index (κ1) is 29.2. The average Bonchev–Trinajstić information content (AvgIpc) is 1.12. The van der Waals surface area contributed by atoms with Gasteiger partial charge in [-0.05, 0) is 0 Å². The maximum Gasteiger partial charge on any atom is 2.00 e. The van der Waals surface area contributed by atoms with Gasteiger partial charge in [-0.2, -0.15) is 0 Å². The van der Waals surface area contributed by atoms with E-state index < -0.39 is 20.8 Å². The van der Waals surface area contributed by atoms with Gasteiger partial charge in [-0.3, -0.25) is 16.8 Å². The van der Waals surface area contributed by atoms with Crippen molar-refractivity contribution in [2.24, 2.45) is 0 Å². The summed E-state index contributed by atoms with van der Waals surface area (Å²) in [4.78, 5) is 0. The molecule has 13 heavy (non-hydrogen) atoms. The van der Waals surface area contributed by atoms with Gasteiger partial charge < -0.3 is 23.7 Å². The summed E-state index contributed by atoms with van der Waals surface area (Å²) >= 11 is 0. The van der Waals surface area contributed by atoms with E-state index >= 15 is 0 Å². The zero-order chi connectivity index (χ0) is 9.00. The Morgan fingerprint density at radius 3 is 0.692 bits per heavy atom. The van der Waals surface area contributed by atoms with Crippen LogP contribution in [0, 0.1) is 0 Å². The van der Waals surface area contributed by atoms with Crippen LogP contribution in [0.3, 0.4) is 0 Å². The van der Waals surface area contributed by atoms with E-state index in [-0.39, 0.29) is 39.6 Å². The topological polar surface area (TPSA) is 192 Å². The van der Waals surface area contributed by atoms with Gasteiger partial charge in [-0.1, -0.05) is 0 Å². The van der Waals surface area contributed by atoms with Gasteiger partial charge in [0.15, 0.2) is 0 Å². The molecular weight excluding hydrogens is 319 g/mol. The van der Waals surface area contributed by atoms with Gasteiger partial charge in [-0.15, -0.1) is 0 Å². The summed E-state index contributed by atoms with van der Waals surface area (Å²) in [6.45, 7) is 0. The summed E-state index contributed by atoms with van der Waals surface area (Å²) in [6, 6.07) is 0. The number of hydrogen-bond donors (Lipinski definition) is 0. The molecule has 1 radical (unpaired) electrons. The maximum atomic E-state index is 8.52. The Bertz CT molecular complexity index is 214. The summed E-state index contributed by atoms with van der Waals surface area (Å²) in [7, 11) is -10.3. The van der Waals surface area contributed by atoms with Gasteiger partial charge in [-0.25, -0.2) is 0 Å². The van der Waals surface area contributed by atoms with E-state index in [0.29, 0.717) is 0 Å². The Balaban J connectivity index is -0.0000000267. The largest absolute Gasteiger partial charge is 2.00 e. The maximum absolute atomic E-state index is 8.52. The average molecular weight is 321 g/mol. The molecule has 0 rings (SSSR count).